The fourth-order valence-electron chi connectivity index (χ4n) is 1.95. The van der Waals surface area contributed by atoms with Crippen LogP contribution in [0.25, 0.3) is 0 Å². The van der Waals surface area contributed by atoms with E-state index in [4.69, 9.17) is 4.74 Å². The monoisotopic (exact) mass is 197 g/mol. The Labute approximate surface area is 83.2 Å². The molecule has 0 unspecified atom stereocenters. The van der Waals surface area contributed by atoms with Crippen LogP contribution in [0, 0.1) is 0 Å². The van der Waals surface area contributed by atoms with Crippen molar-refractivity contribution in [2.75, 3.05) is 19.7 Å². The average molecular weight is 197 g/mol. The summed E-state index contributed by atoms with van der Waals surface area (Å²) >= 11 is 0. The van der Waals surface area contributed by atoms with Gasteiger partial charge in [0.05, 0.1) is 0 Å². The molecule has 2 rings (SSSR count). The van der Waals surface area contributed by atoms with Crippen molar-refractivity contribution in [2.45, 2.75) is 31.8 Å². The summed E-state index contributed by atoms with van der Waals surface area (Å²) in [5.74, 6) is 0.344. The zero-order valence-corrected chi connectivity index (χ0v) is 8.20. The molecule has 2 heterocycles. The van der Waals surface area contributed by atoms with E-state index in [9.17, 15) is 9.59 Å². The maximum absolute atomic E-state index is 11.8. The third kappa shape index (κ3) is 1.95. The van der Waals surface area contributed by atoms with Gasteiger partial charge in [-0.15, -0.1) is 0 Å². The number of amides is 1. The van der Waals surface area contributed by atoms with Crippen molar-refractivity contribution in [1.82, 2.24) is 4.90 Å². The Bertz CT molecular complexity index is 236. The van der Waals surface area contributed by atoms with Gasteiger partial charge in [-0.05, 0) is 12.8 Å². The lowest BCUT2D eigenvalue weighted by Gasteiger charge is -2.28. The van der Waals surface area contributed by atoms with Gasteiger partial charge in [0, 0.05) is 32.5 Å². The molecule has 0 aromatic rings. The van der Waals surface area contributed by atoms with E-state index >= 15 is 0 Å². The quantitative estimate of drug-likeness (QED) is 0.609. The van der Waals surface area contributed by atoms with Crippen LogP contribution < -0.4 is 0 Å². The summed E-state index contributed by atoms with van der Waals surface area (Å²) < 4.78 is 5.32. The molecule has 0 aromatic heterocycles. The van der Waals surface area contributed by atoms with Crippen molar-refractivity contribution in [1.29, 1.82) is 0 Å². The predicted octanol–water partition coefficient (Wildman–Crippen LogP) is 0.357. The number of nitrogens with zero attached hydrogens (tertiary/aromatic N) is 1. The van der Waals surface area contributed by atoms with Gasteiger partial charge in [0.1, 0.15) is 11.9 Å². The minimum absolute atomic E-state index is 0.0787. The van der Waals surface area contributed by atoms with E-state index in [0.717, 1.165) is 12.8 Å². The zero-order valence-electron chi connectivity index (χ0n) is 8.20. The fourth-order valence-corrected chi connectivity index (χ4v) is 1.95. The number of carbonyl (C=O) groups excluding carboxylic acids is 2. The molecule has 0 spiro atoms. The van der Waals surface area contributed by atoms with E-state index in [1.807, 2.05) is 0 Å². The van der Waals surface area contributed by atoms with Gasteiger partial charge in [-0.1, -0.05) is 0 Å². The number of Topliss-reactive ketones (excluding diaryl/α,β-unsaturated/α-hetero) is 1. The van der Waals surface area contributed by atoms with Gasteiger partial charge in [0.15, 0.2) is 0 Å². The molecule has 1 atom stereocenters. The minimum Gasteiger partial charge on any atom is -0.368 e. The molecule has 78 valence electrons. The van der Waals surface area contributed by atoms with E-state index in [2.05, 4.69) is 0 Å². The summed E-state index contributed by atoms with van der Waals surface area (Å²) in [6.45, 7) is 1.86. The van der Waals surface area contributed by atoms with Crippen LogP contribution in [0.2, 0.25) is 0 Å². The van der Waals surface area contributed by atoms with Crippen molar-refractivity contribution in [3.05, 3.63) is 0 Å². The summed E-state index contributed by atoms with van der Waals surface area (Å²) in [7, 11) is 0. The number of ether oxygens (including phenoxy) is 1. The first-order valence-electron chi connectivity index (χ1n) is 5.19. The van der Waals surface area contributed by atoms with E-state index < -0.39 is 0 Å². The molecule has 0 aliphatic carbocycles. The molecule has 0 radical (unpaired) electrons. The van der Waals surface area contributed by atoms with Crippen LogP contribution in [0.5, 0.6) is 0 Å². The summed E-state index contributed by atoms with van der Waals surface area (Å²) in [6.07, 6.45) is 2.60. The highest BCUT2D eigenvalue weighted by Gasteiger charge is 2.30. The van der Waals surface area contributed by atoms with Crippen LogP contribution in [0.3, 0.4) is 0 Å². The molecule has 2 aliphatic heterocycles. The van der Waals surface area contributed by atoms with Gasteiger partial charge >= 0.3 is 0 Å². The van der Waals surface area contributed by atoms with Crippen molar-refractivity contribution in [3.8, 4) is 0 Å². The molecular formula is C10H15NO3. The van der Waals surface area contributed by atoms with E-state index in [-0.39, 0.29) is 17.8 Å². The Morgan fingerprint density at radius 1 is 1.36 bits per heavy atom. The number of hydrogen-bond donors (Lipinski definition) is 0. The second-order valence-electron chi connectivity index (χ2n) is 3.87. The maximum atomic E-state index is 11.8. The largest absolute Gasteiger partial charge is 0.368 e. The van der Waals surface area contributed by atoms with Gasteiger partial charge in [-0.2, -0.15) is 0 Å². The van der Waals surface area contributed by atoms with E-state index in [1.54, 1.807) is 4.90 Å². The SMILES string of the molecule is O=C1CCN(C(=O)[C@@H]2CCCO2)CC1. The summed E-state index contributed by atoms with van der Waals surface area (Å²) in [5.41, 5.74) is 0. The van der Waals surface area contributed by atoms with Crippen LogP contribution in [-0.2, 0) is 14.3 Å². The summed E-state index contributed by atoms with van der Waals surface area (Å²) in [6, 6.07) is 0. The minimum atomic E-state index is -0.233. The second-order valence-corrected chi connectivity index (χ2v) is 3.87. The Balaban J connectivity index is 1.88. The van der Waals surface area contributed by atoms with Crippen molar-refractivity contribution < 1.29 is 14.3 Å². The second kappa shape index (κ2) is 4.09. The third-order valence-corrected chi connectivity index (χ3v) is 2.84. The van der Waals surface area contributed by atoms with Crippen LogP contribution in [0.1, 0.15) is 25.7 Å². The highest BCUT2D eigenvalue weighted by Crippen LogP contribution is 2.16. The number of piperidine rings is 1. The zero-order chi connectivity index (χ0) is 9.97. The lowest BCUT2D eigenvalue weighted by Crippen LogP contribution is -2.43. The van der Waals surface area contributed by atoms with Gasteiger partial charge < -0.3 is 9.64 Å². The summed E-state index contributed by atoms with van der Waals surface area (Å²) in [5, 5.41) is 0. The standard InChI is InChI=1S/C10H15NO3/c12-8-3-5-11(6-4-8)10(13)9-2-1-7-14-9/h9H,1-7H2/t9-/m0/s1. The molecule has 1 amide bonds. The fraction of sp³-hybridized carbons (Fsp3) is 0.800. The highest BCUT2D eigenvalue weighted by molar-refractivity contribution is 5.85. The van der Waals surface area contributed by atoms with Gasteiger partial charge in [0.25, 0.3) is 5.91 Å². The number of rotatable bonds is 1. The number of carbonyl (C=O) groups is 2. The van der Waals surface area contributed by atoms with Crippen molar-refractivity contribution >= 4 is 11.7 Å². The average Bonchev–Trinajstić information content (AvgIpc) is 2.71. The van der Waals surface area contributed by atoms with E-state index in [1.165, 1.54) is 0 Å². The van der Waals surface area contributed by atoms with Crippen LogP contribution in [0.15, 0.2) is 0 Å². The Morgan fingerprint density at radius 2 is 2.07 bits per heavy atom. The molecule has 0 saturated carbocycles. The molecular weight excluding hydrogens is 182 g/mol. The number of hydrogen-bond acceptors (Lipinski definition) is 3. The molecule has 2 aliphatic rings. The first kappa shape index (κ1) is 9.65. The molecule has 4 heteroatoms. The summed E-state index contributed by atoms with van der Waals surface area (Å²) in [4.78, 5) is 24.5. The van der Waals surface area contributed by atoms with Crippen molar-refractivity contribution in [3.63, 3.8) is 0 Å². The van der Waals surface area contributed by atoms with Crippen LogP contribution >= 0.6 is 0 Å². The van der Waals surface area contributed by atoms with Gasteiger partial charge in [0.2, 0.25) is 0 Å². The molecule has 0 aromatic carbocycles. The van der Waals surface area contributed by atoms with Gasteiger partial charge in [-0.25, -0.2) is 0 Å². The Morgan fingerprint density at radius 3 is 2.64 bits per heavy atom. The number of ketones is 1. The van der Waals surface area contributed by atoms with Crippen LogP contribution in [-0.4, -0.2) is 42.4 Å². The van der Waals surface area contributed by atoms with Crippen LogP contribution in [0.4, 0.5) is 0 Å². The van der Waals surface area contributed by atoms with E-state index in [0.29, 0.717) is 32.5 Å². The normalized spacial score (nSPS) is 28.1. The lowest BCUT2D eigenvalue weighted by molar-refractivity contribution is -0.143. The maximum Gasteiger partial charge on any atom is 0.251 e. The third-order valence-electron chi connectivity index (χ3n) is 2.84. The topological polar surface area (TPSA) is 46.6 Å². The van der Waals surface area contributed by atoms with Gasteiger partial charge in [-0.3, -0.25) is 9.59 Å². The Hall–Kier alpha value is -0.900. The first-order chi connectivity index (χ1) is 6.77. The Kier molecular flexibility index (Phi) is 2.82. The number of likely N-dealkylation sites (tertiary alicyclic amines) is 1. The smallest absolute Gasteiger partial charge is 0.251 e. The molecule has 2 saturated heterocycles. The predicted molar refractivity (Wildman–Crippen MR) is 49.8 cm³/mol. The first-order valence-corrected chi connectivity index (χ1v) is 5.19. The lowest BCUT2D eigenvalue weighted by atomic mass is 10.1. The molecule has 0 N–H and O–H groups in total. The molecule has 4 nitrogen and oxygen atoms in total. The molecule has 2 fully saturated rings. The highest BCUT2D eigenvalue weighted by atomic mass is 16.5. The molecule has 0 bridgehead atoms. The van der Waals surface area contributed by atoms with Crippen molar-refractivity contribution in [2.24, 2.45) is 0 Å². The molecule has 14 heavy (non-hydrogen) atoms.